The molecule has 4 atom stereocenters. The molecule has 1 aliphatic carbocycles. The molecule has 0 amide bonds. The third kappa shape index (κ3) is 0.487. The largest absolute Gasteiger partial charge is 0.459 e. The molecule has 1 saturated carbocycles. The molecular formula is C8H13NO. The molecule has 0 aromatic carbocycles. The van der Waals surface area contributed by atoms with Crippen LogP contribution in [-0.4, -0.2) is 25.3 Å². The summed E-state index contributed by atoms with van der Waals surface area (Å²) in [5.41, 5.74) is 0. The van der Waals surface area contributed by atoms with Gasteiger partial charge in [0.15, 0.2) is 0 Å². The maximum absolute atomic E-state index is 5.47. The predicted octanol–water partition coefficient (Wildman–Crippen LogP) is -0.920. The topological polar surface area (TPSA) is 13.7 Å². The molecule has 1 N–H and O–H groups in total. The van der Waals surface area contributed by atoms with Crippen molar-refractivity contribution in [1.82, 2.24) is 0 Å². The first kappa shape index (κ1) is 5.56. The molecule has 2 heterocycles. The Morgan fingerprint density at radius 1 is 1.20 bits per heavy atom. The molecule has 3 rings (SSSR count). The Balaban J connectivity index is 1.94. The third-order valence-electron chi connectivity index (χ3n) is 3.47. The van der Waals surface area contributed by atoms with Crippen LogP contribution in [0.1, 0.15) is 6.42 Å². The van der Waals surface area contributed by atoms with Crippen LogP contribution in [0, 0.1) is 18.9 Å². The first-order chi connectivity index (χ1) is 4.88. The van der Waals surface area contributed by atoms with Crippen LogP contribution in [0.3, 0.4) is 0 Å². The van der Waals surface area contributed by atoms with Gasteiger partial charge in [-0.15, -0.1) is 0 Å². The zero-order valence-electron chi connectivity index (χ0n) is 6.05. The van der Waals surface area contributed by atoms with Gasteiger partial charge in [0.1, 0.15) is 0 Å². The molecule has 2 saturated heterocycles. The zero-order chi connectivity index (χ0) is 6.72. The number of ether oxygens (including phenoxy) is 1. The quantitative estimate of drug-likeness (QED) is 0.428. The van der Waals surface area contributed by atoms with Gasteiger partial charge in [-0.25, -0.2) is 0 Å². The Morgan fingerprint density at radius 2 is 1.80 bits per heavy atom. The summed E-state index contributed by atoms with van der Waals surface area (Å²) in [5, 5.41) is 0. The van der Waals surface area contributed by atoms with E-state index in [2.05, 4.69) is 7.05 Å². The van der Waals surface area contributed by atoms with Gasteiger partial charge in [-0.1, -0.05) is 0 Å². The maximum Gasteiger partial charge on any atom is 0.0969 e. The number of piperidine rings is 1. The number of fused-ring (bicyclic) bond motifs is 5. The van der Waals surface area contributed by atoms with Crippen LogP contribution < -0.4 is 4.90 Å². The minimum atomic E-state index is 0.753. The van der Waals surface area contributed by atoms with Crippen molar-refractivity contribution in [3.05, 3.63) is 7.05 Å². The first-order valence-electron chi connectivity index (χ1n) is 4.14. The van der Waals surface area contributed by atoms with Crippen molar-refractivity contribution < 1.29 is 9.64 Å². The molecule has 3 fully saturated rings. The zero-order valence-corrected chi connectivity index (χ0v) is 6.05. The van der Waals surface area contributed by atoms with Crippen LogP contribution in [0.15, 0.2) is 0 Å². The molecule has 2 bridgehead atoms. The monoisotopic (exact) mass is 139 g/mol. The fraction of sp³-hybridized carbons (Fsp3) is 0.875. The summed E-state index contributed by atoms with van der Waals surface area (Å²) in [6.45, 7) is 1.94. The molecule has 2 nitrogen and oxygen atoms in total. The fourth-order valence-electron chi connectivity index (χ4n) is 2.77. The van der Waals surface area contributed by atoms with Gasteiger partial charge in [-0.3, -0.25) is 0 Å². The molecule has 56 valence electrons. The number of rotatable bonds is 0. The number of quaternary nitrogens is 1. The van der Waals surface area contributed by atoms with E-state index in [1.165, 1.54) is 11.3 Å². The van der Waals surface area contributed by atoms with Gasteiger partial charge < -0.3 is 9.64 Å². The van der Waals surface area contributed by atoms with Crippen LogP contribution in [0.4, 0.5) is 0 Å². The standard InChI is InChI=1S/C8H13NO/c1-9-7-3-10-4-8(9)6-2-5(6)7/h5-9H,1-4H2. The van der Waals surface area contributed by atoms with Gasteiger partial charge in [0, 0.05) is 11.8 Å². The summed E-state index contributed by atoms with van der Waals surface area (Å²) < 4.78 is 5.47. The summed E-state index contributed by atoms with van der Waals surface area (Å²) in [6.07, 6.45) is 1.47. The van der Waals surface area contributed by atoms with Crippen molar-refractivity contribution in [3.63, 3.8) is 0 Å². The second kappa shape index (κ2) is 1.56. The Kier molecular flexibility index (Phi) is 0.868. The van der Waals surface area contributed by atoms with Gasteiger partial charge in [0.25, 0.3) is 0 Å². The van der Waals surface area contributed by atoms with Gasteiger partial charge in [0.2, 0.25) is 0 Å². The second-order valence-electron chi connectivity index (χ2n) is 3.89. The van der Waals surface area contributed by atoms with E-state index < -0.39 is 0 Å². The minimum Gasteiger partial charge on any atom is -0.459 e. The van der Waals surface area contributed by atoms with Crippen LogP contribution in [0.5, 0.6) is 0 Å². The highest BCUT2D eigenvalue weighted by Gasteiger charge is 2.60. The second-order valence-corrected chi connectivity index (χ2v) is 3.89. The average Bonchev–Trinajstić information content (AvgIpc) is 2.59. The number of hydrogen-bond donors (Lipinski definition) is 1. The van der Waals surface area contributed by atoms with Gasteiger partial charge in [0.05, 0.1) is 25.3 Å². The normalized spacial score (nSPS) is 63.9. The molecule has 2 aliphatic heterocycles. The third-order valence-corrected chi connectivity index (χ3v) is 3.47. The highest BCUT2D eigenvalue weighted by atomic mass is 16.5. The lowest BCUT2D eigenvalue weighted by molar-refractivity contribution is -0.908. The van der Waals surface area contributed by atoms with Crippen molar-refractivity contribution in [1.29, 1.82) is 0 Å². The molecule has 0 aromatic rings. The summed E-state index contributed by atoms with van der Waals surface area (Å²) in [4.78, 5) is 1.51. The Morgan fingerprint density at radius 3 is 2.30 bits per heavy atom. The van der Waals surface area contributed by atoms with Gasteiger partial charge in [-0.05, 0) is 6.42 Å². The van der Waals surface area contributed by atoms with Crippen molar-refractivity contribution >= 4 is 0 Å². The molecule has 0 aromatic heterocycles. The number of hydrogen-bond acceptors (Lipinski definition) is 1. The van der Waals surface area contributed by atoms with Crippen LogP contribution in [-0.2, 0) is 4.74 Å². The lowest BCUT2D eigenvalue weighted by atomic mass is 10.2. The SMILES string of the molecule is [CH2-][NH+]1C2COCC1C1CC12. The van der Waals surface area contributed by atoms with Crippen molar-refractivity contribution in [3.8, 4) is 0 Å². The molecule has 2 heteroatoms. The van der Waals surface area contributed by atoms with Crippen molar-refractivity contribution in [2.45, 2.75) is 18.5 Å². The molecule has 3 aliphatic rings. The summed E-state index contributed by atoms with van der Waals surface area (Å²) in [7, 11) is 4.14. The van der Waals surface area contributed by atoms with E-state index in [1.54, 1.807) is 0 Å². The van der Waals surface area contributed by atoms with E-state index >= 15 is 0 Å². The van der Waals surface area contributed by atoms with Crippen LogP contribution >= 0.6 is 0 Å². The molecule has 0 radical (unpaired) electrons. The lowest BCUT2D eigenvalue weighted by Crippen LogP contribution is -3.15. The first-order valence-corrected chi connectivity index (χ1v) is 4.14. The predicted molar refractivity (Wildman–Crippen MR) is 36.3 cm³/mol. The highest BCUT2D eigenvalue weighted by molar-refractivity contribution is 5.02. The number of nitrogens with one attached hydrogen (secondary N) is 1. The average molecular weight is 139 g/mol. The summed E-state index contributed by atoms with van der Waals surface area (Å²) in [5.74, 6) is 1.97. The Labute approximate surface area is 61.1 Å². The van der Waals surface area contributed by atoms with Crippen LogP contribution in [0.2, 0.25) is 0 Å². The molecule has 0 spiro atoms. The maximum atomic E-state index is 5.47. The summed E-state index contributed by atoms with van der Waals surface area (Å²) in [6, 6.07) is 1.51. The highest BCUT2D eigenvalue weighted by Crippen LogP contribution is 2.47. The van der Waals surface area contributed by atoms with E-state index in [-0.39, 0.29) is 0 Å². The lowest BCUT2D eigenvalue weighted by Gasteiger charge is -2.36. The Bertz CT molecular complexity index is 155. The fourth-order valence-corrected chi connectivity index (χ4v) is 2.77. The van der Waals surface area contributed by atoms with E-state index in [4.69, 9.17) is 4.74 Å². The van der Waals surface area contributed by atoms with Crippen LogP contribution in [0.25, 0.3) is 0 Å². The molecular weight excluding hydrogens is 126 g/mol. The van der Waals surface area contributed by atoms with E-state index in [0.717, 1.165) is 37.1 Å². The van der Waals surface area contributed by atoms with Gasteiger partial charge >= 0.3 is 0 Å². The van der Waals surface area contributed by atoms with Crippen molar-refractivity contribution in [2.75, 3.05) is 13.2 Å². The minimum absolute atomic E-state index is 0.753. The number of morpholine rings is 1. The van der Waals surface area contributed by atoms with Crippen molar-refractivity contribution in [2.24, 2.45) is 11.8 Å². The van der Waals surface area contributed by atoms with E-state index in [9.17, 15) is 0 Å². The molecule has 4 unspecified atom stereocenters. The van der Waals surface area contributed by atoms with E-state index in [1.807, 2.05) is 0 Å². The Hall–Kier alpha value is -0.0800. The van der Waals surface area contributed by atoms with Gasteiger partial charge in [-0.2, -0.15) is 7.05 Å². The summed E-state index contributed by atoms with van der Waals surface area (Å²) >= 11 is 0. The smallest absolute Gasteiger partial charge is 0.0969 e. The van der Waals surface area contributed by atoms with E-state index in [0.29, 0.717) is 0 Å². The molecule has 10 heavy (non-hydrogen) atoms.